The number of hydrogen-bond donors (Lipinski definition) is 1. The average Bonchev–Trinajstić information content (AvgIpc) is 2.33. The van der Waals surface area contributed by atoms with Gasteiger partial charge in [-0.3, -0.25) is 0 Å². The van der Waals surface area contributed by atoms with Crippen LogP contribution in [0.15, 0.2) is 34.8 Å². The van der Waals surface area contributed by atoms with Gasteiger partial charge in [0, 0.05) is 21.7 Å². The third-order valence-electron chi connectivity index (χ3n) is 2.67. The third kappa shape index (κ3) is 2.94. The van der Waals surface area contributed by atoms with Gasteiger partial charge in [0.25, 0.3) is 0 Å². The summed E-state index contributed by atoms with van der Waals surface area (Å²) in [6, 6.07) is 4.36. The highest BCUT2D eigenvalue weighted by Gasteiger charge is 2.19. The summed E-state index contributed by atoms with van der Waals surface area (Å²) >= 11 is 8.93. The molecule has 0 saturated heterocycles. The van der Waals surface area contributed by atoms with E-state index in [1.807, 2.05) is 0 Å². The Hall–Kier alpha value is -1.04. The Labute approximate surface area is 121 Å². The predicted molar refractivity (Wildman–Crippen MR) is 71.5 cm³/mol. The van der Waals surface area contributed by atoms with Gasteiger partial charge in [-0.25, -0.2) is 13.2 Å². The lowest BCUT2D eigenvalue weighted by atomic mass is 9.98. The highest BCUT2D eigenvalue weighted by atomic mass is 79.9. The first-order valence-electron chi connectivity index (χ1n) is 5.25. The zero-order valence-corrected chi connectivity index (χ0v) is 11.8. The standard InChI is InChI=1S/C13H8BrClF3N/c14-9-5-12(18)8(4-10(9)15)13(19)7-2-1-6(16)3-11(7)17/h1-5,13H,19H2. The second kappa shape index (κ2) is 5.53. The summed E-state index contributed by atoms with van der Waals surface area (Å²) in [5.74, 6) is -2.17. The topological polar surface area (TPSA) is 26.0 Å². The summed E-state index contributed by atoms with van der Waals surface area (Å²) in [5, 5.41) is 0.259. The number of halogens is 5. The first kappa shape index (κ1) is 14.4. The van der Waals surface area contributed by atoms with Crippen LogP contribution in [0.25, 0.3) is 0 Å². The molecule has 0 aliphatic rings. The van der Waals surface area contributed by atoms with Crippen LogP contribution in [0.1, 0.15) is 17.2 Å². The summed E-state index contributed by atoms with van der Waals surface area (Å²) in [6.45, 7) is 0. The van der Waals surface area contributed by atoms with E-state index in [1.165, 1.54) is 12.1 Å². The lowest BCUT2D eigenvalue weighted by molar-refractivity contribution is 0.556. The Bertz CT molecular complexity index is 634. The lowest BCUT2D eigenvalue weighted by Crippen LogP contribution is -2.15. The summed E-state index contributed by atoms with van der Waals surface area (Å²) in [5.41, 5.74) is 5.85. The molecule has 0 fully saturated rings. The molecule has 0 heterocycles. The van der Waals surface area contributed by atoms with Crippen molar-refractivity contribution in [3.05, 3.63) is 68.4 Å². The van der Waals surface area contributed by atoms with E-state index >= 15 is 0 Å². The zero-order chi connectivity index (χ0) is 14.2. The van der Waals surface area contributed by atoms with E-state index in [9.17, 15) is 13.2 Å². The van der Waals surface area contributed by atoms with Crippen LogP contribution in [-0.2, 0) is 0 Å². The molecule has 0 spiro atoms. The first-order chi connectivity index (χ1) is 8.90. The highest BCUT2D eigenvalue weighted by Crippen LogP contribution is 2.31. The molecule has 1 atom stereocenters. The van der Waals surface area contributed by atoms with Crippen molar-refractivity contribution in [1.82, 2.24) is 0 Å². The van der Waals surface area contributed by atoms with Gasteiger partial charge in [0.2, 0.25) is 0 Å². The van der Waals surface area contributed by atoms with Crippen LogP contribution in [0.5, 0.6) is 0 Å². The monoisotopic (exact) mass is 349 g/mol. The molecule has 0 bridgehead atoms. The van der Waals surface area contributed by atoms with Crippen molar-refractivity contribution in [2.45, 2.75) is 6.04 Å². The number of benzene rings is 2. The molecule has 1 nitrogen and oxygen atoms in total. The van der Waals surface area contributed by atoms with E-state index in [-0.39, 0.29) is 16.1 Å². The van der Waals surface area contributed by atoms with Crippen LogP contribution in [0, 0.1) is 17.5 Å². The normalized spacial score (nSPS) is 12.5. The molecule has 0 aliphatic heterocycles. The van der Waals surface area contributed by atoms with Gasteiger partial charge < -0.3 is 5.73 Å². The van der Waals surface area contributed by atoms with Crippen LogP contribution in [0.3, 0.4) is 0 Å². The summed E-state index contributed by atoms with van der Waals surface area (Å²) in [7, 11) is 0. The SMILES string of the molecule is NC(c1ccc(F)cc1F)c1cc(Cl)c(Br)cc1F. The minimum atomic E-state index is -1.06. The fourth-order valence-electron chi connectivity index (χ4n) is 1.70. The minimum Gasteiger partial charge on any atom is -0.320 e. The van der Waals surface area contributed by atoms with Gasteiger partial charge in [-0.2, -0.15) is 0 Å². The van der Waals surface area contributed by atoms with Crippen molar-refractivity contribution in [3.63, 3.8) is 0 Å². The van der Waals surface area contributed by atoms with Crippen molar-refractivity contribution in [2.75, 3.05) is 0 Å². The largest absolute Gasteiger partial charge is 0.320 e. The van der Waals surface area contributed by atoms with Crippen molar-refractivity contribution in [2.24, 2.45) is 5.73 Å². The Morgan fingerprint density at radius 2 is 1.63 bits per heavy atom. The van der Waals surface area contributed by atoms with E-state index < -0.39 is 23.5 Å². The van der Waals surface area contributed by atoms with Gasteiger partial charge in [0.1, 0.15) is 17.5 Å². The number of rotatable bonds is 2. The fraction of sp³-hybridized carbons (Fsp3) is 0.0769. The third-order valence-corrected chi connectivity index (χ3v) is 3.87. The summed E-state index contributed by atoms with van der Waals surface area (Å²) < 4.78 is 40.6. The van der Waals surface area contributed by atoms with Crippen molar-refractivity contribution >= 4 is 27.5 Å². The molecule has 0 aliphatic carbocycles. The smallest absolute Gasteiger partial charge is 0.131 e. The molecule has 2 N–H and O–H groups in total. The molecule has 0 saturated carbocycles. The Morgan fingerprint density at radius 1 is 1.00 bits per heavy atom. The van der Waals surface area contributed by atoms with Crippen LogP contribution < -0.4 is 5.73 Å². The second-order valence-electron chi connectivity index (χ2n) is 3.93. The Kier molecular flexibility index (Phi) is 4.18. The maximum atomic E-state index is 13.8. The van der Waals surface area contributed by atoms with E-state index in [4.69, 9.17) is 17.3 Å². The molecule has 2 rings (SSSR count). The van der Waals surface area contributed by atoms with Crippen LogP contribution >= 0.6 is 27.5 Å². The van der Waals surface area contributed by atoms with Gasteiger partial charge >= 0.3 is 0 Å². The van der Waals surface area contributed by atoms with E-state index in [2.05, 4.69) is 15.9 Å². The molecule has 0 radical (unpaired) electrons. The van der Waals surface area contributed by atoms with E-state index in [0.29, 0.717) is 10.5 Å². The molecule has 0 aromatic heterocycles. The minimum absolute atomic E-state index is 0.00121. The second-order valence-corrected chi connectivity index (χ2v) is 5.19. The van der Waals surface area contributed by atoms with Gasteiger partial charge in [-0.05, 0) is 34.1 Å². The fourth-order valence-corrected chi connectivity index (χ4v) is 2.19. The van der Waals surface area contributed by atoms with Crippen LogP contribution in [-0.4, -0.2) is 0 Å². The summed E-state index contributed by atoms with van der Waals surface area (Å²) in [4.78, 5) is 0. The lowest BCUT2D eigenvalue weighted by Gasteiger charge is -2.15. The molecule has 1 unspecified atom stereocenters. The van der Waals surface area contributed by atoms with E-state index in [0.717, 1.165) is 12.1 Å². The number of nitrogens with two attached hydrogens (primary N) is 1. The molecule has 6 heteroatoms. The molecule has 0 amide bonds. The maximum Gasteiger partial charge on any atom is 0.131 e. The van der Waals surface area contributed by atoms with Crippen LogP contribution in [0.4, 0.5) is 13.2 Å². The molecule has 19 heavy (non-hydrogen) atoms. The quantitative estimate of drug-likeness (QED) is 0.789. The summed E-state index contributed by atoms with van der Waals surface area (Å²) in [6.07, 6.45) is 0. The first-order valence-corrected chi connectivity index (χ1v) is 6.42. The van der Waals surface area contributed by atoms with Gasteiger partial charge in [-0.1, -0.05) is 17.7 Å². The molecule has 2 aromatic rings. The highest BCUT2D eigenvalue weighted by molar-refractivity contribution is 9.10. The van der Waals surface area contributed by atoms with Gasteiger partial charge in [-0.15, -0.1) is 0 Å². The van der Waals surface area contributed by atoms with Crippen molar-refractivity contribution in [3.8, 4) is 0 Å². The maximum absolute atomic E-state index is 13.8. The molecule has 2 aromatic carbocycles. The van der Waals surface area contributed by atoms with Crippen molar-refractivity contribution < 1.29 is 13.2 Å². The molecular formula is C13H8BrClF3N. The number of hydrogen-bond acceptors (Lipinski definition) is 1. The zero-order valence-electron chi connectivity index (χ0n) is 9.43. The van der Waals surface area contributed by atoms with Gasteiger partial charge in [0.15, 0.2) is 0 Å². The predicted octanol–water partition coefficient (Wildman–Crippen LogP) is 4.57. The average molecular weight is 351 g/mol. The van der Waals surface area contributed by atoms with Gasteiger partial charge in [0.05, 0.1) is 11.1 Å². The van der Waals surface area contributed by atoms with Crippen LogP contribution in [0.2, 0.25) is 5.02 Å². The Morgan fingerprint density at radius 3 is 2.26 bits per heavy atom. The van der Waals surface area contributed by atoms with E-state index in [1.54, 1.807) is 0 Å². The van der Waals surface area contributed by atoms with Crippen molar-refractivity contribution in [1.29, 1.82) is 0 Å². The Balaban J connectivity index is 2.49. The molecule has 100 valence electrons. The molecular weight excluding hydrogens is 343 g/mol.